The number of carboxylic acid groups (broad SMARTS) is 1. The first-order valence-electron chi connectivity index (χ1n) is 10.6. The van der Waals surface area contributed by atoms with E-state index in [9.17, 15) is 14.3 Å². The Kier molecular flexibility index (Phi) is 7.56. The van der Waals surface area contributed by atoms with Crippen LogP contribution in [0.1, 0.15) is 58.8 Å². The first-order valence-corrected chi connectivity index (χ1v) is 10.6. The van der Waals surface area contributed by atoms with Crippen molar-refractivity contribution in [1.29, 1.82) is 5.26 Å². The molecule has 0 fully saturated rings. The second-order valence-corrected chi connectivity index (χ2v) is 7.75. The SMILES string of the molecule is CCCCCc1ccc(CCc2ccc(C(=O)[O-])c(-c3ccc(C#N)c(F)c3)c2)cc1. The zero-order valence-corrected chi connectivity index (χ0v) is 17.7. The molecule has 0 saturated heterocycles. The third-order valence-electron chi connectivity index (χ3n) is 5.50. The Morgan fingerprint density at radius 3 is 2.16 bits per heavy atom. The van der Waals surface area contributed by atoms with Crippen molar-refractivity contribution >= 4 is 5.97 Å². The highest BCUT2D eigenvalue weighted by atomic mass is 19.1. The van der Waals surface area contributed by atoms with Gasteiger partial charge in [-0.25, -0.2) is 4.39 Å². The summed E-state index contributed by atoms with van der Waals surface area (Å²) in [7, 11) is 0. The predicted octanol–water partition coefficient (Wildman–Crippen LogP) is 5.25. The summed E-state index contributed by atoms with van der Waals surface area (Å²) in [6.45, 7) is 2.20. The summed E-state index contributed by atoms with van der Waals surface area (Å²) in [5, 5.41) is 20.5. The molecular weight excluding hydrogens is 389 g/mol. The number of nitrogens with zero attached hydrogens (tertiary/aromatic N) is 1. The maximum absolute atomic E-state index is 14.1. The van der Waals surface area contributed by atoms with Crippen molar-refractivity contribution in [2.24, 2.45) is 0 Å². The number of carboxylic acids is 1. The van der Waals surface area contributed by atoms with Gasteiger partial charge in [-0.2, -0.15) is 5.26 Å². The van der Waals surface area contributed by atoms with Gasteiger partial charge in [0.1, 0.15) is 11.9 Å². The van der Waals surface area contributed by atoms with Crippen LogP contribution in [0.3, 0.4) is 0 Å². The molecule has 0 aliphatic carbocycles. The smallest absolute Gasteiger partial charge is 0.141 e. The van der Waals surface area contributed by atoms with Crippen molar-refractivity contribution in [1.82, 2.24) is 0 Å². The van der Waals surface area contributed by atoms with Gasteiger partial charge >= 0.3 is 0 Å². The van der Waals surface area contributed by atoms with Gasteiger partial charge in [0.05, 0.1) is 11.5 Å². The average Bonchev–Trinajstić information content (AvgIpc) is 2.78. The largest absolute Gasteiger partial charge is 0.545 e. The second-order valence-electron chi connectivity index (χ2n) is 7.75. The topological polar surface area (TPSA) is 63.9 Å². The van der Waals surface area contributed by atoms with Gasteiger partial charge in [0, 0.05) is 5.56 Å². The molecule has 3 rings (SSSR count). The fourth-order valence-corrected chi connectivity index (χ4v) is 3.68. The molecule has 0 aliphatic heterocycles. The van der Waals surface area contributed by atoms with E-state index < -0.39 is 11.8 Å². The molecule has 0 atom stereocenters. The van der Waals surface area contributed by atoms with Crippen LogP contribution >= 0.6 is 0 Å². The lowest BCUT2D eigenvalue weighted by molar-refractivity contribution is -0.254. The number of hydrogen-bond donors (Lipinski definition) is 0. The van der Waals surface area contributed by atoms with E-state index >= 15 is 0 Å². The molecule has 0 spiro atoms. The van der Waals surface area contributed by atoms with E-state index in [2.05, 4.69) is 31.2 Å². The van der Waals surface area contributed by atoms with Gasteiger partial charge in [-0.05, 0) is 65.6 Å². The van der Waals surface area contributed by atoms with Crippen LogP contribution in [0.25, 0.3) is 11.1 Å². The standard InChI is InChI=1S/C27H26FNO2/c1-2-3-4-5-19-6-8-20(9-7-19)10-11-21-12-15-24(27(30)31)25(16-21)22-13-14-23(18-29)26(28)17-22/h6-9,12-17H,2-5,10-11H2,1H3,(H,30,31)/p-1. The van der Waals surface area contributed by atoms with Crippen LogP contribution in [0.15, 0.2) is 60.7 Å². The van der Waals surface area contributed by atoms with Crippen molar-refractivity contribution in [3.63, 3.8) is 0 Å². The van der Waals surface area contributed by atoms with Crippen LogP contribution in [0.4, 0.5) is 4.39 Å². The van der Waals surface area contributed by atoms with E-state index in [1.807, 2.05) is 0 Å². The Labute approximate surface area is 182 Å². The van der Waals surface area contributed by atoms with Crippen LogP contribution in [0.2, 0.25) is 0 Å². The number of halogens is 1. The Balaban J connectivity index is 1.77. The van der Waals surface area contributed by atoms with Crippen molar-refractivity contribution in [2.75, 3.05) is 0 Å². The summed E-state index contributed by atoms with van der Waals surface area (Å²) in [6.07, 6.45) is 6.32. The molecule has 0 amide bonds. The molecular formula is C27H25FNO2-. The van der Waals surface area contributed by atoms with Gasteiger partial charge in [-0.3, -0.25) is 0 Å². The quantitative estimate of drug-likeness (QED) is 0.450. The second kappa shape index (κ2) is 10.5. The molecule has 0 saturated carbocycles. The number of rotatable bonds is 9. The zero-order valence-electron chi connectivity index (χ0n) is 17.7. The molecule has 0 aromatic heterocycles. The van der Waals surface area contributed by atoms with E-state index in [1.165, 1.54) is 48.6 Å². The van der Waals surface area contributed by atoms with E-state index in [0.717, 1.165) is 24.8 Å². The number of carbonyl (C=O) groups is 1. The third-order valence-corrected chi connectivity index (χ3v) is 5.50. The van der Waals surface area contributed by atoms with E-state index in [0.29, 0.717) is 11.1 Å². The number of aryl methyl sites for hydroxylation is 3. The maximum Gasteiger partial charge on any atom is 0.141 e. The Morgan fingerprint density at radius 1 is 0.903 bits per heavy atom. The summed E-state index contributed by atoms with van der Waals surface area (Å²) in [5.74, 6) is -1.99. The summed E-state index contributed by atoms with van der Waals surface area (Å²) >= 11 is 0. The number of carbonyl (C=O) groups excluding carboxylic acids is 1. The normalized spacial score (nSPS) is 10.6. The highest BCUT2D eigenvalue weighted by Gasteiger charge is 2.11. The zero-order chi connectivity index (χ0) is 22.2. The average molecular weight is 415 g/mol. The van der Waals surface area contributed by atoms with Gasteiger partial charge < -0.3 is 9.90 Å². The highest BCUT2D eigenvalue weighted by Crippen LogP contribution is 2.27. The lowest BCUT2D eigenvalue weighted by Crippen LogP contribution is -2.23. The van der Waals surface area contributed by atoms with E-state index in [1.54, 1.807) is 24.3 Å². The lowest BCUT2D eigenvalue weighted by atomic mass is 9.94. The first kappa shape index (κ1) is 22.2. The minimum Gasteiger partial charge on any atom is -0.545 e. The van der Waals surface area contributed by atoms with Gasteiger partial charge in [0.25, 0.3) is 0 Å². The van der Waals surface area contributed by atoms with Crippen LogP contribution in [-0.4, -0.2) is 5.97 Å². The van der Waals surface area contributed by atoms with Crippen LogP contribution in [-0.2, 0) is 19.3 Å². The molecule has 0 heterocycles. The minimum absolute atomic E-state index is 0.00397. The summed E-state index contributed by atoms with van der Waals surface area (Å²) in [4.78, 5) is 11.6. The summed E-state index contributed by atoms with van der Waals surface area (Å²) in [6, 6.07) is 19.6. The Bertz CT molecular complexity index is 1100. The van der Waals surface area contributed by atoms with Gasteiger partial charge in [0.2, 0.25) is 0 Å². The molecule has 0 radical (unpaired) electrons. The molecule has 3 aromatic carbocycles. The third kappa shape index (κ3) is 5.79. The number of benzene rings is 3. The first-order chi connectivity index (χ1) is 15.0. The van der Waals surface area contributed by atoms with E-state index in [-0.39, 0.29) is 11.1 Å². The molecule has 3 aromatic rings. The number of hydrogen-bond acceptors (Lipinski definition) is 3. The lowest BCUT2D eigenvalue weighted by Gasteiger charge is -2.14. The van der Waals surface area contributed by atoms with Crippen LogP contribution < -0.4 is 5.11 Å². The maximum atomic E-state index is 14.1. The van der Waals surface area contributed by atoms with Gasteiger partial charge in [-0.15, -0.1) is 0 Å². The van der Waals surface area contributed by atoms with Crippen molar-refractivity contribution < 1.29 is 14.3 Å². The molecule has 0 bridgehead atoms. The van der Waals surface area contributed by atoms with Gasteiger partial charge in [-0.1, -0.05) is 68.3 Å². The fraction of sp³-hybridized carbons (Fsp3) is 0.259. The molecule has 4 heteroatoms. The number of nitriles is 1. The molecule has 0 unspecified atom stereocenters. The Hall–Kier alpha value is -3.45. The van der Waals surface area contributed by atoms with Crippen LogP contribution in [0.5, 0.6) is 0 Å². The van der Waals surface area contributed by atoms with Crippen molar-refractivity contribution in [2.45, 2.75) is 45.4 Å². The molecule has 0 aliphatic rings. The molecule has 31 heavy (non-hydrogen) atoms. The highest BCUT2D eigenvalue weighted by molar-refractivity contribution is 5.95. The minimum atomic E-state index is -1.31. The van der Waals surface area contributed by atoms with Crippen LogP contribution in [0, 0.1) is 17.1 Å². The van der Waals surface area contributed by atoms with Crippen molar-refractivity contribution in [3.05, 3.63) is 94.3 Å². The summed E-state index contributed by atoms with van der Waals surface area (Å²) < 4.78 is 14.1. The van der Waals surface area contributed by atoms with Gasteiger partial charge in [0.15, 0.2) is 0 Å². The monoisotopic (exact) mass is 414 g/mol. The Morgan fingerprint density at radius 2 is 1.55 bits per heavy atom. The molecule has 0 N–H and O–H groups in total. The summed E-state index contributed by atoms with van der Waals surface area (Å²) in [5.41, 5.74) is 4.25. The predicted molar refractivity (Wildman–Crippen MR) is 118 cm³/mol. The number of aromatic carboxylic acids is 1. The molecule has 3 nitrogen and oxygen atoms in total. The fourth-order valence-electron chi connectivity index (χ4n) is 3.68. The molecule has 158 valence electrons. The van der Waals surface area contributed by atoms with Crippen molar-refractivity contribution in [3.8, 4) is 17.2 Å². The number of unbranched alkanes of at least 4 members (excludes halogenated alkanes) is 2. The van der Waals surface area contributed by atoms with E-state index in [4.69, 9.17) is 5.26 Å².